The Hall–Kier alpha value is -2.68. The predicted octanol–water partition coefficient (Wildman–Crippen LogP) is 3.28. The molecule has 0 aromatic heterocycles. The van der Waals surface area contributed by atoms with Gasteiger partial charge in [0.05, 0.1) is 5.56 Å². The number of carboxylic acid groups (broad SMARTS) is 1. The largest absolute Gasteiger partial charge is 0.478 e. The summed E-state index contributed by atoms with van der Waals surface area (Å²) in [6, 6.07) is 15.4. The van der Waals surface area contributed by atoms with Gasteiger partial charge in [0.25, 0.3) is 0 Å². The molecule has 0 aliphatic rings. The standard InChI is InChI=1S/C16H12O3/c17-15(13-7-2-1-3-8-13)11-10-12-6-4-5-9-14(12)16(18)19/h1-11H,(H,18,19). The van der Waals surface area contributed by atoms with Crippen molar-refractivity contribution in [1.82, 2.24) is 0 Å². The highest BCUT2D eigenvalue weighted by molar-refractivity contribution is 6.07. The summed E-state index contributed by atoms with van der Waals surface area (Å²) in [5.74, 6) is -1.16. The van der Waals surface area contributed by atoms with Crippen molar-refractivity contribution >= 4 is 17.8 Å². The van der Waals surface area contributed by atoms with E-state index in [0.717, 1.165) is 0 Å². The highest BCUT2D eigenvalue weighted by Crippen LogP contribution is 2.11. The Kier molecular flexibility index (Phi) is 3.88. The molecule has 0 fully saturated rings. The molecule has 2 aromatic rings. The first kappa shape index (κ1) is 12.8. The Bertz CT molecular complexity index is 627. The van der Waals surface area contributed by atoms with Crippen LogP contribution in [0.2, 0.25) is 0 Å². The van der Waals surface area contributed by atoms with Crippen LogP contribution in [0.25, 0.3) is 6.08 Å². The quantitative estimate of drug-likeness (QED) is 0.671. The number of ketones is 1. The number of rotatable bonds is 4. The minimum Gasteiger partial charge on any atom is -0.478 e. The highest BCUT2D eigenvalue weighted by atomic mass is 16.4. The fourth-order valence-corrected chi connectivity index (χ4v) is 1.70. The molecule has 3 heteroatoms. The Labute approximate surface area is 110 Å². The Morgan fingerprint density at radius 2 is 1.53 bits per heavy atom. The van der Waals surface area contributed by atoms with Gasteiger partial charge in [-0.2, -0.15) is 0 Å². The molecular weight excluding hydrogens is 240 g/mol. The van der Waals surface area contributed by atoms with Crippen LogP contribution in [0.5, 0.6) is 0 Å². The zero-order valence-electron chi connectivity index (χ0n) is 10.1. The van der Waals surface area contributed by atoms with E-state index in [1.807, 2.05) is 6.07 Å². The van der Waals surface area contributed by atoms with E-state index in [1.165, 1.54) is 18.2 Å². The third-order valence-corrected chi connectivity index (χ3v) is 2.66. The monoisotopic (exact) mass is 252 g/mol. The molecule has 0 unspecified atom stereocenters. The predicted molar refractivity (Wildman–Crippen MR) is 73.2 cm³/mol. The van der Waals surface area contributed by atoms with Crippen molar-refractivity contribution in [2.45, 2.75) is 0 Å². The van der Waals surface area contributed by atoms with Crippen molar-refractivity contribution in [3.63, 3.8) is 0 Å². The van der Waals surface area contributed by atoms with E-state index in [-0.39, 0.29) is 11.3 Å². The molecule has 0 saturated heterocycles. The van der Waals surface area contributed by atoms with Gasteiger partial charge in [0.15, 0.2) is 5.78 Å². The van der Waals surface area contributed by atoms with Crippen LogP contribution < -0.4 is 0 Å². The number of aromatic carboxylic acids is 1. The van der Waals surface area contributed by atoms with Gasteiger partial charge >= 0.3 is 5.97 Å². The Balaban J connectivity index is 2.24. The van der Waals surface area contributed by atoms with E-state index in [2.05, 4.69) is 0 Å². The van der Waals surface area contributed by atoms with Crippen LogP contribution in [-0.2, 0) is 0 Å². The van der Waals surface area contributed by atoms with E-state index in [0.29, 0.717) is 11.1 Å². The average Bonchev–Trinajstić information content (AvgIpc) is 2.46. The van der Waals surface area contributed by atoms with Gasteiger partial charge in [-0.15, -0.1) is 0 Å². The molecule has 0 amide bonds. The lowest BCUT2D eigenvalue weighted by Gasteiger charge is -2.00. The van der Waals surface area contributed by atoms with Gasteiger partial charge in [0, 0.05) is 5.56 Å². The maximum atomic E-state index is 11.9. The molecule has 0 saturated carbocycles. The van der Waals surface area contributed by atoms with Crippen molar-refractivity contribution in [2.24, 2.45) is 0 Å². The van der Waals surface area contributed by atoms with Gasteiger partial charge < -0.3 is 5.11 Å². The second-order valence-corrected chi connectivity index (χ2v) is 3.96. The lowest BCUT2D eigenvalue weighted by atomic mass is 10.1. The molecule has 0 spiro atoms. The van der Waals surface area contributed by atoms with E-state index in [4.69, 9.17) is 5.11 Å². The van der Waals surface area contributed by atoms with Crippen molar-refractivity contribution in [1.29, 1.82) is 0 Å². The van der Waals surface area contributed by atoms with Crippen LogP contribution in [0, 0.1) is 0 Å². The lowest BCUT2D eigenvalue weighted by Crippen LogP contribution is -1.99. The first-order valence-electron chi connectivity index (χ1n) is 5.78. The van der Waals surface area contributed by atoms with Crippen LogP contribution in [0.4, 0.5) is 0 Å². The third-order valence-electron chi connectivity index (χ3n) is 2.66. The molecule has 1 N–H and O–H groups in total. The number of hydrogen-bond donors (Lipinski definition) is 1. The second kappa shape index (κ2) is 5.78. The summed E-state index contributed by atoms with van der Waals surface area (Å²) in [7, 11) is 0. The van der Waals surface area contributed by atoms with Crippen LogP contribution in [0.15, 0.2) is 60.7 Å². The normalized spacial score (nSPS) is 10.5. The molecule has 0 heterocycles. The number of carbonyl (C=O) groups is 2. The number of hydrogen-bond acceptors (Lipinski definition) is 2. The average molecular weight is 252 g/mol. The maximum Gasteiger partial charge on any atom is 0.336 e. The topological polar surface area (TPSA) is 54.4 Å². The molecule has 0 radical (unpaired) electrons. The Morgan fingerprint density at radius 1 is 0.895 bits per heavy atom. The molecule has 0 aliphatic heterocycles. The summed E-state index contributed by atoms with van der Waals surface area (Å²) in [4.78, 5) is 22.9. The molecule has 0 bridgehead atoms. The van der Waals surface area contributed by atoms with E-state index in [1.54, 1.807) is 42.5 Å². The van der Waals surface area contributed by atoms with Crippen molar-refractivity contribution in [3.05, 3.63) is 77.4 Å². The van der Waals surface area contributed by atoms with E-state index >= 15 is 0 Å². The van der Waals surface area contributed by atoms with Gasteiger partial charge in [0.2, 0.25) is 0 Å². The fraction of sp³-hybridized carbons (Fsp3) is 0. The van der Waals surface area contributed by atoms with Gasteiger partial charge in [-0.1, -0.05) is 54.6 Å². The van der Waals surface area contributed by atoms with Crippen LogP contribution in [0.1, 0.15) is 26.3 Å². The molecule has 94 valence electrons. The summed E-state index contributed by atoms with van der Waals surface area (Å²) < 4.78 is 0. The molecule has 2 aromatic carbocycles. The van der Waals surface area contributed by atoms with Crippen molar-refractivity contribution < 1.29 is 14.7 Å². The van der Waals surface area contributed by atoms with Gasteiger partial charge in [-0.3, -0.25) is 4.79 Å². The first-order valence-corrected chi connectivity index (χ1v) is 5.78. The van der Waals surface area contributed by atoms with E-state index < -0.39 is 5.97 Å². The first-order chi connectivity index (χ1) is 9.18. The number of allylic oxidation sites excluding steroid dienone is 1. The summed E-state index contributed by atoms with van der Waals surface area (Å²) >= 11 is 0. The zero-order chi connectivity index (χ0) is 13.7. The molecule has 0 atom stereocenters. The Morgan fingerprint density at radius 3 is 2.21 bits per heavy atom. The molecule has 0 aliphatic carbocycles. The van der Waals surface area contributed by atoms with Gasteiger partial charge in [0.1, 0.15) is 0 Å². The van der Waals surface area contributed by atoms with Crippen LogP contribution >= 0.6 is 0 Å². The summed E-state index contributed by atoms with van der Waals surface area (Å²) in [6.07, 6.45) is 2.91. The van der Waals surface area contributed by atoms with Crippen LogP contribution in [0.3, 0.4) is 0 Å². The molecule has 19 heavy (non-hydrogen) atoms. The molecule has 2 rings (SSSR count). The summed E-state index contributed by atoms with van der Waals surface area (Å²) in [6.45, 7) is 0. The number of carbonyl (C=O) groups excluding carboxylic acids is 1. The minimum absolute atomic E-state index is 0.152. The third kappa shape index (κ3) is 3.16. The SMILES string of the molecule is O=C(C=Cc1ccccc1C(=O)O)c1ccccc1. The van der Waals surface area contributed by atoms with Gasteiger partial charge in [-0.05, 0) is 17.7 Å². The fourth-order valence-electron chi connectivity index (χ4n) is 1.70. The smallest absolute Gasteiger partial charge is 0.336 e. The van der Waals surface area contributed by atoms with Gasteiger partial charge in [-0.25, -0.2) is 4.79 Å². The number of carboxylic acids is 1. The summed E-state index contributed by atoms with van der Waals surface area (Å²) in [5, 5.41) is 9.03. The lowest BCUT2D eigenvalue weighted by molar-refractivity contribution is 0.0696. The molecule has 3 nitrogen and oxygen atoms in total. The molecular formula is C16H12O3. The summed E-state index contributed by atoms with van der Waals surface area (Å²) in [5.41, 5.74) is 1.27. The van der Waals surface area contributed by atoms with Crippen molar-refractivity contribution in [2.75, 3.05) is 0 Å². The second-order valence-electron chi connectivity index (χ2n) is 3.96. The number of benzene rings is 2. The minimum atomic E-state index is -1.01. The maximum absolute atomic E-state index is 11.9. The zero-order valence-corrected chi connectivity index (χ0v) is 10.1. The van der Waals surface area contributed by atoms with Crippen molar-refractivity contribution in [3.8, 4) is 0 Å². The van der Waals surface area contributed by atoms with Crippen LogP contribution in [-0.4, -0.2) is 16.9 Å². The van der Waals surface area contributed by atoms with E-state index in [9.17, 15) is 9.59 Å². The highest BCUT2D eigenvalue weighted by Gasteiger charge is 2.07.